The zero-order valence-corrected chi connectivity index (χ0v) is 6.47. The third-order valence-electron chi connectivity index (χ3n) is 1.22. The maximum atomic E-state index is 12.5. The van der Waals surface area contributed by atoms with Gasteiger partial charge in [-0.05, 0) is 19.4 Å². The fourth-order valence-corrected chi connectivity index (χ4v) is 0.638. The Morgan fingerprint density at radius 1 is 1.60 bits per heavy atom. The zero-order valence-electron chi connectivity index (χ0n) is 6.47. The first-order valence-corrected chi connectivity index (χ1v) is 3.31. The fourth-order valence-electron chi connectivity index (χ4n) is 0.638. The van der Waals surface area contributed by atoms with Gasteiger partial charge in [-0.25, -0.2) is 4.39 Å². The van der Waals surface area contributed by atoms with Gasteiger partial charge in [0, 0.05) is 0 Å². The van der Waals surface area contributed by atoms with Crippen molar-refractivity contribution in [3.05, 3.63) is 36.5 Å². The van der Waals surface area contributed by atoms with Crippen molar-refractivity contribution in [2.45, 2.75) is 20.0 Å². The summed E-state index contributed by atoms with van der Waals surface area (Å²) in [7, 11) is 0. The molecular formula is C9H13F. The standard InChI is InChI=1S/C9H13F/c1-4-6-7-9(5-2)8(3)10/h4-8H,1H2,2-3H3/b7-6-,9-5+. The number of halogens is 1. The Bertz CT molecular complexity index is 152. The average Bonchev–Trinajstić information content (AvgIpc) is 1.89. The summed E-state index contributed by atoms with van der Waals surface area (Å²) in [5.41, 5.74) is 0.694. The van der Waals surface area contributed by atoms with Crippen LogP contribution in [0.2, 0.25) is 0 Å². The van der Waals surface area contributed by atoms with Gasteiger partial charge in [0.05, 0.1) is 0 Å². The molecule has 0 aliphatic carbocycles. The molecule has 10 heavy (non-hydrogen) atoms. The quantitative estimate of drug-likeness (QED) is 0.528. The Morgan fingerprint density at radius 3 is 2.50 bits per heavy atom. The molecule has 0 aliphatic rings. The van der Waals surface area contributed by atoms with E-state index in [1.165, 1.54) is 6.92 Å². The summed E-state index contributed by atoms with van der Waals surface area (Å²) < 4.78 is 12.5. The van der Waals surface area contributed by atoms with Crippen LogP contribution in [-0.2, 0) is 0 Å². The Kier molecular flexibility index (Phi) is 4.55. The van der Waals surface area contributed by atoms with Gasteiger partial charge in [0.2, 0.25) is 0 Å². The molecule has 56 valence electrons. The van der Waals surface area contributed by atoms with Gasteiger partial charge in [0.1, 0.15) is 6.17 Å². The van der Waals surface area contributed by atoms with Crippen LogP contribution in [0.1, 0.15) is 13.8 Å². The van der Waals surface area contributed by atoms with Crippen LogP contribution in [0.25, 0.3) is 0 Å². The van der Waals surface area contributed by atoms with Crippen molar-refractivity contribution < 1.29 is 4.39 Å². The molecule has 0 spiro atoms. The van der Waals surface area contributed by atoms with Crippen LogP contribution in [-0.4, -0.2) is 6.17 Å². The molecule has 0 bridgehead atoms. The number of hydrogen-bond donors (Lipinski definition) is 0. The Hall–Kier alpha value is -0.850. The maximum absolute atomic E-state index is 12.5. The lowest BCUT2D eigenvalue weighted by Gasteiger charge is -1.99. The molecule has 0 aromatic carbocycles. The molecule has 0 amide bonds. The monoisotopic (exact) mass is 140 g/mol. The molecule has 0 rings (SSSR count). The smallest absolute Gasteiger partial charge is 0.122 e. The molecule has 0 saturated carbocycles. The highest BCUT2D eigenvalue weighted by Crippen LogP contribution is 2.06. The van der Waals surface area contributed by atoms with Gasteiger partial charge in [-0.2, -0.15) is 0 Å². The van der Waals surface area contributed by atoms with Crippen LogP contribution < -0.4 is 0 Å². The summed E-state index contributed by atoms with van der Waals surface area (Å²) in [4.78, 5) is 0. The van der Waals surface area contributed by atoms with Crippen LogP contribution in [0, 0.1) is 0 Å². The fraction of sp³-hybridized carbons (Fsp3) is 0.333. The van der Waals surface area contributed by atoms with E-state index in [0.29, 0.717) is 5.57 Å². The highest BCUT2D eigenvalue weighted by atomic mass is 19.1. The summed E-state index contributed by atoms with van der Waals surface area (Å²) in [6, 6.07) is 0. The predicted molar refractivity (Wildman–Crippen MR) is 43.7 cm³/mol. The van der Waals surface area contributed by atoms with Crippen LogP contribution >= 0.6 is 0 Å². The molecule has 0 nitrogen and oxygen atoms in total. The van der Waals surface area contributed by atoms with Crippen LogP contribution in [0.4, 0.5) is 4.39 Å². The summed E-state index contributed by atoms with van der Waals surface area (Å²) in [6.45, 7) is 6.82. The van der Waals surface area contributed by atoms with Gasteiger partial charge in [-0.3, -0.25) is 0 Å². The zero-order chi connectivity index (χ0) is 7.98. The van der Waals surface area contributed by atoms with E-state index in [9.17, 15) is 4.39 Å². The lowest BCUT2D eigenvalue weighted by atomic mass is 10.1. The third kappa shape index (κ3) is 3.23. The first-order chi connectivity index (χ1) is 4.72. The van der Waals surface area contributed by atoms with Crippen molar-refractivity contribution in [2.75, 3.05) is 0 Å². The molecule has 0 heterocycles. The van der Waals surface area contributed by atoms with E-state index in [-0.39, 0.29) is 0 Å². The van der Waals surface area contributed by atoms with E-state index in [1.807, 2.05) is 6.92 Å². The molecule has 0 radical (unpaired) electrons. The topological polar surface area (TPSA) is 0 Å². The highest BCUT2D eigenvalue weighted by Gasteiger charge is 1.99. The number of alkyl halides is 1. The number of hydrogen-bond acceptors (Lipinski definition) is 0. The SMILES string of the molecule is C=C/C=C\C(=C/C)C(C)F. The van der Waals surface area contributed by atoms with Gasteiger partial charge in [0.15, 0.2) is 0 Å². The molecule has 0 fully saturated rings. The van der Waals surface area contributed by atoms with Gasteiger partial charge < -0.3 is 0 Å². The minimum Gasteiger partial charge on any atom is -0.243 e. The van der Waals surface area contributed by atoms with Gasteiger partial charge >= 0.3 is 0 Å². The lowest BCUT2D eigenvalue weighted by Crippen LogP contribution is -1.93. The maximum Gasteiger partial charge on any atom is 0.122 e. The summed E-state index contributed by atoms with van der Waals surface area (Å²) >= 11 is 0. The first kappa shape index (κ1) is 9.15. The van der Waals surface area contributed by atoms with E-state index in [1.54, 1.807) is 24.3 Å². The molecule has 1 unspecified atom stereocenters. The van der Waals surface area contributed by atoms with Crippen LogP contribution in [0.5, 0.6) is 0 Å². The van der Waals surface area contributed by atoms with Gasteiger partial charge in [-0.1, -0.05) is 30.9 Å². The molecule has 0 aliphatic heterocycles. The molecular weight excluding hydrogens is 127 g/mol. The molecule has 0 aromatic rings. The summed E-state index contributed by atoms with van der Waals surface area (Å²) in [5, 5.41) is 0. The lowest BCUT2D eigenvalue weighted by molar-refractivity contribution is 0.417. The minimum atomic E-state index is -0.888. The molecule has 1 atom stereocenters. The minimum absolute atomic E-state index is 0.694. The Balaban J connectivity index is 4.10. The number of allylic oxidation sites excluding steroid dienone is 5. The van der Waals surface area contributed by atoms with Gasteiger partial charge in [0.25, 0.3) is 0 Å². The van der Waals surface area contributed by atoms with Crippen molar-refractivity contribution in [1.82, 2.24) is 0 Å². The molecule has 0 saturated heterocycles. The Labute approximate surface area is 61.8 Å². The normalized spacial score (nSPS) is 15.7. The van der Waals surface area contributed by atoms with Crippen molar-refractivity contribution in [1.29, 1.82) is 0 Å². The second-order valence-corrected chi connectivity index (χ2v) is 2.00. The van der Waals surface area contributed by atoms with Crippen molar-refractivity contribution in [3.8, 4) is 0 Å². The van der Waals surface area contributed by atoms with Crippen molar-refractivity contribution in [2.24, 2.45) is 0 Å². The molecule has 0 aromatic heterocycles. The van der Waals surface area contributed by atoms with Crippen molar-refractivity contribution in [3.63, 3.8) is 0 Å². The van der Waals surface area contributed by atoms with E-state index < -0.39 is 6.17 Å². The van der Waals surface area contributed by atoms with Crippen LogP contribution in [0.3, 0.4) is 0 Å². The predicted octanol–water partition coefficient (Wildman–Crippen LogP) is 3.03. The molecule has 1 heteroatoms. The third-order valence-corrected chi connectivity index (χ3v) is 1.22. The largest absolute Gasteiger partial charge is 0.243 e. The number of rotatable bonds is 3. The summed E-state index contributed by atoms with van der Waals surface area (Å²) in [5.74, 6) is 0. The molecule has 0 N–H and O–H groups in total. The van der Waals surface area contributed by atoms with Crippen LogP contribution in [0.15, 0.2) is 36.5 Å². The van der Waals surface area contributed by atoms with E-state index in [4.69, 9.17) is 0 Å². The van der Waals surface area contributed by atoms with E-state index >= 15 is 0 Å². The highest BCUT2D eigenvalue weighted by molar-refractivity contribution is 5.23. The Morgan fingerprint density at radius 2 is 2.20 bits per heavy atom. The average molecular weight is 140 g/mol. The van der Waals surface area contributed by atoms with Gasteiger partial charge in [-0.15, -0.1) is 0 Å². The second kappa shape index (κ2) is 4.98. The second-order valence-electron chi connectivity index (χ2n) is 2.00. The van der Waals surface area contributed by atoms with E-state index in [2.05, 4.69) is 6.58 Å². The van der Waals surface area contributed by atoms with Crippen molar-refractivity contribution >= 4 is 0 Å². The summed E-state index contributed by atoms with van der Waals surface area (Å²) in [6.07, 6.45) is 5.95. The van der Waals surface area contributed by atoms with E-state index in [0.717, 1.165) is 0 Å². The first-order valence-electron chi connectivity index (χ1n) is 3.31.